The van der Waals surface area contributed by atoms with Crippen molar-refractivity contribution in [1.29, 1.82) is 0 Å². The van der Waals surface area contributed by atoms with Crippen molar-refractivity contribution in [1.82, 2.24) is 5.43 Å². The molecule has 0 radical (unpaired) electrons. The molecule has 0 aliphatic carbocycles. The number of hydrogen-bond acceptors (Lipinski definition) is 4. The molecule has 5 nitrogen and oxygen atoms in total. The lowest BCUT2D eigenvalue weighted by Gasteiger charge is -2.10. The highest BCUT2D eigenvalue weighted by Gasteiger charge is 2.10. The van der Waals surface area contributed by atoms with E-state index in [1.807, 2.05) is 6.92 Å². The summed E-state index contributed by atoms with van der Waals surface area (Å²) in [5.41, 5.74) is 4.21. The van der Waals surface area contributed by atoms with Crippen LogP contribution in [0.2, 0.25) is 5.02 Å². The zero-order chi connectivity index (χ0) is 18.2. The molecular formula is C19H19ClN2O3. The average Bonchev–Trinajstić information content (AvgIpc) is 2.59. The van der Waals surface area contributed by atoms with Crippen LogP contribution in [0.15, 0.2) is 54.2 Å². The van der Waals surface area contributed by atoms with Crippen LogP contribution in [0, 0.1) is 0 Å². The van der Waals surface area contributed by atoms with Crippen LogP contribution in [-0.2, 0) is 6.42 Å². The van der Waals surface area contributed by atoms with Crippen molar-refractivity contribution >= 4 is 23.7 Å². The van der Waals surface area contributed by atoms with Gasteiger partial charge < -0.3 is 9.84 Å². The van der Waals surface area contributed by atoms with Crippen LogP contribution in [0.4, 0.5) is 0 Å². The van der Waals surface area contributed by atoms with Crippen molar-refractivity contribution in [2.24, 2.45) is 5.10 Å². The van der Waals surface area contributed by atoms with Gasteiger partial charge in [-0.3, -0.25) is 4.79 Å². The third-order valence-corrected chi connectivity index (χ3v) is 3.54. The predicted molar refractivity (Wildman–Crippen MR) is 99.7 cm³/mol. The second-order valence-electron chi connectivity index (χ2n) is 5.16. The molecule has 0 aliphatic heterocycles. The third-order valence-electron chi connectivity index (χ3n) is 3.31. The van der Waals surface area contributed by atoms with E-state index in [0.29, 0.717) is 40.5 Å². The maximum absolute atomic E-state index is 12.0. The van der Waals surface area contributed by atoms with E-state index in [4.69, 9.17) is 16.3 Å². The van der Waals surface area contributed by atoms with Gasteiger partial charge in [-0.1, -0.05) is 23.7 Å². The topological polar surface area (TPSA) is 70.9 Å². The van der Waals surface area contributed by atoms with Crippen molar-refractivity contribution in [2.45, 2.75) is 13.3 Å². The number of aromatic hydroxyl groups is 1. The second kappa shape index (κ2) is 8.89. The second-order valence-corrected chi connectivity index (χ2v) is 5.60. The molecule has 2 aromatic rings. The van der Waals surface area contributed by atoms with E-state index in [0.717, 1.165) is 0 Å². The molecular weight excluding hydrogens is 340 g/mol. The summed E-state index contributed by atoms with van der Waals surface area (Å²) in [4.78, 5) is 12.0. The number of allylic oxidation sites excluding steroid dienone is 1. The Balaban J connectivity index is 2.16. The van der Waals surface area contributed by atoms with Gasteiger partial charge in [0.2, 0.25) is 0 Å². The molecule has 2 rings (SSSR count). The third kappa shape index (κ3) is 5.09. The van der Waals surface area contributed by atoms with Crippen LogP contribution in [0.25, 0.3) is 0 Å². The minimum Gasteiger partial charge on any atom is -0.504 e. The molecule has 130 valence electrons. The first-order valence-electron chi connectivity index (χ1n) is 7.73. The van der Waals surface area contributed by atoms with Gasteiger partial charge in [0.05, 0.1) is 12.8 Å². The smallest absolute Gasteiger partial charge is 0.271 e. The number of hydrogen-bond donors (Lipinski definition) is 2. The zero-order valence-corrected chi connectivity index (χ0v) is 14.6. The number of halogens is 1. The maximum Gasteiger partial charge on any atom is 0.271 e. The van der Waals surface area contributed by atoms with Gasteiger partial charge in [0.25, 0.3) is 5.91 Å². The van der Waals surface area contributed by atoms with Crippen LogP contribution in [-0.4, -0.2) is 23.8 Å². The van der Waals surface area contributed by atoms with Crippen LogP contribution >= 0.6 is 11.6 Å². The van der Waals surface area contributed by atoms with Gasteiger partial charge in [0.15, 0.2) is 11.5 Å². The minimum absolute atomic E-state index is 0.0851. The molecule has 2 N–H and O–H groups in total. The van der Waals surface area contributed by atoms with Crippen LogP contribution in [0.3, 0.4) is 0 Å². The van der Waals surface area contributed by atoms with E-state index in [1.165, 1.54) is 6.21 Å². The lowest BCUT2D eigenvalue weighted by molar-refractivity contribution is 0.0955. The molecule has 0 atom stereocenters. The Morgan fingerprint density at radius 1 is 1.40 bits per heavy atom. The fraction of sp³-hybridized carbons (Fsp3) is 0.158. The highest BCUT2D eigenvalue weighted by atomic mass is 35.5. The normalized spacial score (nSPS) is 10.6. The molecule has 0 unspecified atom stereocenters. The van der Waals surface area contributed by atoms with E-state index in [1.54, 1.807) is 42.5 Å². The molecule has 0 heterocycles. The Hall–Kier alpha value is -2.79. The highest BCUT2D eigenvalue weighted by Crippen LogP contribution is 2.31. The SMILES string of the molecule is C=CCc1cc(/C=N\NC(=O)c2cccc(Cl)c2)cc(OCC)c1O. The van der Waals surface area contributed by atoms with E-state index in [2.05, 4.69) is 17.1 Å². The molecule has 0 aromatic heterocycles. The Bertz CT molecular complexity index is 803. The first-order valence-corrected chi connectivity index (χ1v) is 8.11. The van der Waals surface area contributed by atoms with Crippen LogP contribution in [0.5, 0.6) is 11.5 Å². The Morgan fingerprint density at radius 3 is 2.88 bits per heavy atom. The van der Waals surface area contributed by atoms with Gasteiger partial charge in [0.1, 0.15) is 0 Å². The predicted octanol–water partition coefficient (Wildman–Crippen LogP) is 3.94. The number of phenolic OH excluding ortho intramolecular Hbond substituents is 1. The number of rotatable bonds is 7. The summed E-state index contributed by atoms with van der Waals surface area (Å²) < 4.78 is 5.43. The fourth-order valence-electron chi connectivity index (χ4n) is 2.20. The quantitative estimate of drug-likeness (QED) is 0.447. The number of benzene rings is 2. The zero-order valence-electron chi connectivity index (χ0n) is 13.8. The Morgan fingerprint density at radius 2 is 2.20 bits per heavy atom. The molecule has 0 bridgehead atoms. The summed E-state index contributed by atoms with van der Waals surface area (Å²) in [5, 5.41) is 14.6. The monoisotopic (exact) mass is 358 g/mol. The van der Waals surface area contributed by atoms with E-state index < -0.39 is 0 Å². The lowest BCUT2D eigenvalue weighted by Crippen LogP contribution is -2.17. The van der Waals surface area contributed by atoms with Gasteiger partial charge in [-0.25, -0.2) is 5.43 Å². The van der Waals surface area contributed by atoms with Gasteiger partial charge in [-0.2, -0.15) is 5.10 Å². The number of ether oxygens (including phenoxy) is 1. The number of carbonyl (C=O) groups excluding carboxylic acids is 1. The van der Waals surface area contributed by atoms with Gasteiger partial charge >= 0.3 is 0 Å². The first kappa shape index (κ1) is 18.5. The van der Waals surface area contributed by atoms with Crippen molar-refractivity contribution in [2.75, 3.05) is 6.61 Å². The Labute approximate surface area is 151 Å². The van der Waals surface area contributed by atoms with Crippen molar-refractivity contribution < 1.29 is 14.6 Å². The van der Waals surface area contributed by atoms with Crippen LogP contribution in [0.1, 0.15) is 28.4 Å². The summed E-state index contributed by atoms with van der Waals surface area (Å²) >= 11 is 5.86. The van der Waals surface area contributed by atoms with Gasteiger partial charge in [-0.05, 0) is 49.2 Å². The highest BCUT2D eigenvalue weighted by molar-refractivity contribution is 6.30. The Kier molecular flexibility index (Phi) is 6.60. The lowest BCUT2D eigenvalue weighted by atomic mass is 10.1. The number of amides is 1. The van der Waals surface area contributed by atoms with E-state index in [9.17, 15) is 9.90 Å². The van der Waals surface area contributed by atoms with Crippen molar-refractivity contribution in [3.05, 3.63) is 70.8 Å². The molecule has 0 saturated heterocycles. The standard InChI is InChI=1S/C19H19ClN2O3/c1-3-6-14-9-13(10-17(18(14)23)25-4-2)12-21-22-19(24)15-7-5-8-16(20)11-15/h3,5,7-12,23H,1,4,6H2,2H3,(H,22,24)/b21-12-. The van der Waals surface area contributed by atoms with Crippen LogP contribution < -0.4 is 10.2 Å². The molecule has 2 aromatic carbocycles. The summed E-state index contributed by atoms with van der Waals surface area (Å²) in [7, 11) is 0. The number of hydrazone groups is 1. The maximum atomic E-state index is 12.0. The van der Waals surface area contributed by atoms with E-state index >= 15 is 0 Å². The number of nitrogens with zero attached hydrogens (tertiary/aromatic N) is 1. The molecule has 0 fully saturated rings. The molecule has 0 spiro atoms. The minimum atomic E-state index is -0.367. The van der Waals surface area contributed by atoms with Gasteiger partial charge in [0, 0.05) is 16.1 Å². The summed E-state index contributed by atoms with van der Waals surface area (Å²) in [6.07, 6.45) is 3.66. The molecule has 25 heavy (non-hydrogen) atoms. The molecule has 0 saturated carbocycles. The molecule has 1 amide bonds. The summed E-state index contributed by atoms with van der Waals surface area (Å²) in [6, 6.07) is 10.00. The average molecular weight is 359 g/mol. The summed E-state index contributed by atoms with van der Waals surface area (Å²) in [5.74, 6) is 0.0835. The molecule has 0 aliphatic rings. The summed E-state index contributed by atoms with van der Waals surface area (Å²) in [6.45, 7) is 5.93. The largest absolute Gasteiger partial charge is 0.504 e. The number of carbonyl (C=O) groups is 1. The first-order chi connectivity index (χ1) is 12.0. The number of nitrogens with one attached hydrogen (secondary N) is 1. The van der Waals surface area contributed by atoms with E-state index in [-0.39, 0.29) is 11.7 Å². The van der Waals surface area contributed by atoms with Crippen molar-refractivity contribution in [3.8, 4) is 11.5 Å². The molecule has 6 heteroatoms. The van der Waals surface area contributed by atoms with Crippen molar-refractivity contribution in [3.63, 3.8) is 0 Å². The number of phenols is 1. The fourth-order valence-corrected chi connectivity index (χ4v) is 2.39. The van der Waals surface area contributed by atoms with Gasteiger partial charge in [-0.15, -0.1) is 6.58 Å².